The summed E-state index contributed by atoms with van der Waals surface area (Å²) < 4.78 is 10.4. The zero-order valence-electron chi connectivity index (χ0n) is 3.48. The first kappa shape index (κ1) is 3.93. The van der Waals surface area contributed by atoms with Gasteiger partial charge in [-0.05, 0) is 0 Å². The second-order valence-corrected chi connectivity index (χ2v) is 3.31. The molecule has 0 aliphatic carbocycles. The third-order valence-corrected chi connectivity index (χ3v) is 2.24. The summed E-state index contributed by atoms with van der Waals surface area (Å²) in [7, 11) is -1.12. The van der Waals surface area contributed by atoms with Crippen LogP contribution in [0.2, 0.25) is 12.1 Å². The largest absolute Gasteiger partial charge is 0.388 e. The summed E-state index contributed by atoms with van der Waals surface area (Å²) in [5.74, 6) is 0. The molecule has 0 N–H and O–H groups in total. The average Bonchev–Trinajstić information content (AvgIpc) is 1.86. The van der Waals surface area contributed by atoms with Crippen molar-refractivity contribution in [2.45, 2.75) is 12.1 Å². The lowest BCUT2D eigenvalue weighted by Gasteiger charge is -1.68. The van der Waals surface area contributed by atoms with Crippen LogP contribution in [0.5, 0.6) is 0 Å². The molecule has 0 spiro atoms. The van der Waals surface area contributed by atoms with E-state index in [-0.39, 0.29) is 0 Å². The smallest absolute Gasteiger partial charge is 0.284 e. The van der Waals surface area contributed by atoms with Gasteiger partial charge in [0.1, 0.15) is 0 Å². The molecule has 1 heterocycles. The van der Waals surface area contributed by atoms with Crippen LogP contribution in [0.15, 0.2) is 12.2 Å². The Hall–Kier alpha value is -0.243. The van der Waals surface area contributed by atoms with E-state index in [1.54, 1.807) is 0 Å². The SMILES string of the molecule is O=[Si]1CC=CC1. The number of rotatable bonds is 0. The number of hydrogen-bond donors (Lipinski definition) is 0. The van der Waals surface area contributed by atoms with Crippen LogP contribution in [0.3, 0.4) is 0 Å². The Morgan fingerprint density at radius 2 is 1.83 bits per heavy atom. The molecule has 0 aromatic heterocycles. The van der Waals surface area contributed by atoms with Gasteiger partial charge in [-0.1, -0.05) is 12.2 Å². The minimum absolute atomic E-state index is 0.852. The lowest BCUT2D eigenvalue weighted by molar-refractivity contribution is 0.565. The first-order valence-corrected chi connectivity index (χ1v) is 3.88. The van der Waals surface area contributed by atoms with Gasteiger partial charge in [-0.25, -0.2) is 0 Å². The zero-order valence-corrected chi connectivity index (χ0v) is 4.48. The highest BCUT2D eigenvalue weighted by molar-refractivity contribution is 6.45. The van der Waals surface area contributed by atoms with Crippen LogP contribution >= 0.6 is 0 Å². The zero-order chi connectivity index (χ0) is 4.41. The van der Waals surface area contributed by atoms with Gasteiger partial charge in [0.15, 0.2) is 0 Å². The maximum absolute atomic E-state index is 10.4. The molecule has 0 aromatic rings. The Morgan fingerprint density at radius 3 is 2.00 bits per heavy atom. The van der Waals surface area contributed by atoms with Crippen molar-refractivity contribution in [3.05, 3.63) is 12.2 Å². The molecular weight excluding hydrogens is 92.1 g/mol. The quantitative estimate of drug-likeness (QED) is 0.326. The Labute approximate surface area is 38.3 Å². The summed E-state index contributed by atoms with van der Waals surface area (Å²) in [5, 5.41) is 0. The van der Waals surface area contributed by atoms with Crippen LogP contribution in [0, 0.1) is 0 Å². The summed E-state index contributed by atoms with van der Waals surface area (Å²) in [6.45, 7) is 0. The van der Waals surface area contributed by atoms with E-state index in [1.807, 2.05) is 12.2 Å². The molecule has 2 heteroatoms. The molecular formula is C4H6OSi. The van der Waals surface area contributed by atoms with Crippen LogP contribution < -0.4 is 0 Å². The van der Waals surface area contributed by atoms with Crippen LogP contribution in [0.4, 0.5) is 0 Å². The molecule has 0 bridgehead atoms. The average molecular weight is 98.2 g/mol. The Balaban J connectivity index is 2.52. The van der Waals surface area contributed by atoms with Crippen molar-refractivity contribution >= 4 is 8.68 Å². The van der Waals surface area contributed by atoms with Gasteiger partial charge in [0, 0.05) is 12.1 Å². The van der Waals surface area contributed by atoms with E-state index >= 15 is 0 Å². The topological polar surface area (TPSA) is 17.1 Å². The molecule has 1 rings (SSSR count). The molecule has 6 heavy (non-hydrogen) atoms. The van der Waals surface area contributed by atoms with Crippen molar-refractivity contribution < 1.29 is 4.46 Å². The van der Waals surface area contributed by atoms with Crippen LogP contribution in [0.1, 0.15) is 0 Å². The fraction of sp³-hybridized carbons (Fsp3) is 0.500. The minimum Gasteiger partial charge on any atom is -0.388 e. The van der Waals surface area contributed by atoms with Gasteiger partial charge < -0.3 is 4.46 Å². The van der Waals surface area contributed by atoms with Gasteiger partial charge >= 0.3 is 0 Å². The number of allylic oxidation sites excluding steroid dienone is 2. The molecule has 0 unspecified atom stereocenters. The summed E-state index contributed by atoms with van der Waals surface area (Å²) in [6, 6.07) is 1.70. The maximum Gasteiger partial charge on any atom is 0.284 e. The first-order valence-electron chi connectivity index (χ1n) is 2.06. The summed E-state index contributed by atoms with van der Waals surface area (Å²) >= 11 is 0. The van der Waals surface area contributed by atoms with E-state index in [9.17, 15) is 4.46 Å². The van der Waals surface area contributed by atoms with Crippen molar-refractivity contribution in [3.63, 3.8) is 0 Å². The van der Waals surface area contributed by atoms with Crippen LogP contribution in [-0.2, 0) is 4.46 Å². The van der Waals surface area contributed by atoms with Gasteiger partial charge in [-0.2, -0.15) is 0 Å². The minimum atomic E-state index is -1.12. The molecule has 0 aromatic carbocycles. The fourth-order valence-corrected chi connectivity index (χ4v) is 1.54. The molecule has 1 aliphatic heterocycles. The molecule has 1 aliphatic rings. The van der Waals surface area contributed by atoms with E-state index in [4.69, 9.17) is 0 Å². The standard InChI is InChI=1S/C4H6OSi/c5-6-3-1-2-4-6/h1-2H,3-4H2. The molecule has 0 fully saturated rings. The third kappa shape index (κ3) is 0.625. The third-order valence-electron chi connectivity index (χ3n) is 0.858. The first-order chi connectivity index (χ1) is 2.89. The van der Waals surface area contributed by atoms with E-state index < -0.39 is 8.68 Å². The summed E-state index contributed by atoms with van der Waals surface area (Å²) in [5.41, 5.74) is 0. The number of hydrogen-bond acceptors (Lipinski definition) is 1. The second-order valence-electron chi connectivity index (χ2n) is 1.42. The highest BCUT2D eigenvalue weighted by Gasteiger charge is 2.03. The van der Waals surface area contributed by atoms with Crippen molar-refractivity contribution in [2.75, 3.05) is 0 Å². The van der Waals surface area contributed by atoms with Gasteiger partial charge in [-0.3, -0.25) is 0 Å². The maximum atomic E-state index is 10.4. The van der Waals surface area contributed by atoms with Gasteiger partial charge in [0.2, 0.25) is 0 Å². The van der Waals surface area contributed by atoms with Crippen LogP contribution in [0.25, 0.3) is 0 Å². The molecule has 32 valence electrons. The van der Waals surface area contributed by atoms with Crippen molar-refractivity contribution in [1.82, 2.24) is 0 Å². The fourth-order valence-electron chi connectivity index (χ4n) is 0.513. The Morgan fingerprint density at radius 1 is 1.33 bits per heavy atom. The van der Waals surface area contributed by atoms with E-state index in [0.29, 0.717) is 0 Å². The van der Waals surface area contributed by atoms with E-state index in [2.05, 4.69) is 0 Å². The van der Waals surface area contributed by atoms with Crippen molar-refractivity contribution in [2.24, 2.45) is 0 Å². The summed E-state index contributed by atoms with van der Waals surface area (Å²) in [4.78, 5) is 0. The van der Waals surface area contributed by atoms with E-state index in [1.165, 1.54) is 0 Å². The van der Waals surface area contributed by atoms with Gasteiger partial charge in [0.05, 0.1) is 0 Å². The lowest BCUT2D eigenvalue weighted by Crippen LogP contribution is -1.85. The summed E-state index contributed by atoms with van der Waals surface area (Å²) in [6.07, 6.45) is 3.97. The van der Waals surface area contributed by atoms with Gasteiger partial charge in [-0.15, -0.1) is 0 Å². The molecule has 0 saturated carbocycles. The Bertz CT molecular complexity index is 85.7. The monoisotopic (exact) mass is 98.0 g/mol. The van der Waals surface area contributed by atoms with Crippen LogP contribution in [-0.4, -0.2) is 8.68 Å². The lowest BCUT2D eigenvalue weighted by atomic mass is 10.6. The highest BCUT2D eigenvalue weighted by atomic mass is 28.3. The Kier molecular flexibility index (Phi) is 0.963. The van der Waals surface area contributed by atoms with Crippen molar-refractivity contribution in [1.29, 1.82) is 0 Å². The molecule has 0 radical (unpaired) electrons. The van der Waals surface area contributed by atoms with Crippen molar-refractivity contribution in [3.8, 4) is 0 Å². The normalized spacial score (nSPS) is 19.7. The highest BCUT2D eigenvalue weighted by Crippen LogP contribution is 2.01. The molecule has 1 nitrogen and oxygen atoms in total. The molecule has 0 saturated heterocycles. The predicted molar refractivity (Wildman–Crippen MR) is 25.2 cm³/mol. The predicted octanol–water partition coefficient (Wildman–Crippen LogP) is 0.978. The molecule has 0 amide bonds. The second kappa shape index (κ2) is 1.47. The van der Waals surface area contributed by atoms with Gasteiger partial charge in [0.25, 0.3) is 8.68 Å². The molecule has 0 atom stereocenters. The van der Waals surface area contributed by atoms with E-state index in [0.717, 1.165) is 12.1 Å².